The summed E-state index contributed by atoms with van der Waals surface area (Å²) in [6.45, 7) is 0. The highest BCUT2D eigenvalue weighted by atomic mass is 16.3. The first-order chi connectivity index (χ1) is 6.31. The monoisotopic (exact) mass is 178 g/mol. The highest BCUT2D eigenvalue weighted by Gasteiger charge is 2.42. The summed E-state index contributed by atoms with van der Waals surface area (Å²) in [6, 6.07) is 0. The standard InChI is InChI=1S/C12H18O/c1-2-3-4-12(13)11-8-9-5-6-10(11)7-9/h1,9-13H,3-8H2. The normalized spacial score (nSPS) is 38.9. The van der Waals surface area contributed by atoms with Gasteiger partial charge >= 0.3 is 0 Å². The highest BCUT2D eigenvalue weighted by molar-refractivity contribution is 4.94. The highest BCUT2D eigenvalue weighted by Crippen LogP contribution is 2.49. The lowest BCUT2D eigenvalue weighted by molar-refractivity contribution is 0.0688. The first kappa shape index (κ1) is 9.09. The second-order valence-electron chi connectivity index (χ2n) is 4.65. The summed E-state index contributed by atoms with van der Waals surface area (Å²) < 4.78 is 0. The van der Waals surface area contributed by atoms with Gasteiger partial charge in [-0.1, -0.05) is 6.42 Å². The van der Waals surface area contributed by atoms with Crippen LogP contribution in [0.15, 0.2) is 0 Å². The number of hydrogen-bond acceptors (Lipinski definition) is 1. The van der Waals surface area contributed by atoms with Crippen molar-refractivity contribution in [3.8, 4) is 12.3 Å². The first-order valence-electron chi connectivity index (χ1n) is 5.42. The fourth-order valence-corrected chi connectivity index (χ4v) is 3.21. The van der Waals surface area contributed by atoms with E-state index in [0.29, 0.717) is 5.92 Å². The number of terminal acetylenes is 1. The largest absolute Gasteiger partial charge is 0.393 e. The predicted molar refractivity (Wildman–Crippen MR) is 53.0 cm³/mol. The molecule has 0 radical (unpaired) electrons. The third-order valence-electron chi connectivity index (χ3n) is 3.87. The van der Waals surface area contributed by atoms with Gasteiger partial charge in [0.1, 0.15) is 0 Å². The van der Waals surface area contributed by atoms with Gasteiger partial charge in [0.25, 0.3) is 0 Å². The number of rotatable bonds is 3. The van der Waals surface area contributed by atoms with Crippen molar-refractivity contribution in [2.45, 2.75) is 44.6 Å². The van der Waals surface area contributed by atoms with Gasteiger partial charge in [0.05, 0.1) is 6.10 Å². The summed E-state index contributed by atoms with van der Waals surface area (Å²) >= 11 is 0. The Morgan fingerprint density at radius 3 is 2.77 bits per heavy atom. The van der Waals surface area contributed by atoms with Gasteiger partial charge in [-0.2, -0.15) is 0 Å². The second kappa shape index (κ2) is 3.72. The van der Waals surface area contributed by atoms with E-state index in [1.54, 1.807) is 0 Å². The summed E-state index contributed by atoms with van der Waals surface area (Å²) in [5, 5.41) is 9.91. The van der Waals surface area contributed by atoms with Gasteiger partial charge in [0.15, 0.2) is 0 Å². The number of hydrogen-bond donors (Lipinski definition) is 1. The number of aliphatic hydroxyl groups is 1. The van der Waals surface area contributed by atoms with Crippen LogP contribution in [0.4, 0.5) is 0 Å². The molecule has 0 heterocycles. The Hall–Kier alpha value is -0.480. The third kappa shape index (κ3) is 1.74. The average molecular weight is 178 g/mol. The summed E-state index contributed by atoms with van der Waals surface area (Å²) in [4.78, 5) is 0. The molecule has 2 rings (SSSR count). The first-order valence-corrected chi connectivity index (χ1v) is 5.42. The molecule has 0 amide bonds. The molecule has 0 saturated heterocycles. The summed E-state index contributed by atoms with van der Waals surface area (Å²) in [6.07, 6.45) is 12.0. The molecule has 0 aromatic carbocycles. The SMILES string of the molecule is C#CCCC(O)C1CC2CCC1C2. The summed E-state index contributed by atoms with van der Waals surface area (Å²) in [7, 11) is 0. The number of fused-ring (bicyclic) bond motifs is 2. The maximum absolute atomic E-state index is 9.91. The minimum absolute atomic E-state index is 0.119. The molecule has 72 valence electrons. The molecule has 2 fully saturated rings. The molecular formula is C12H18O. The van der Waals surface area contributed by atoms with E-state index >= 15 is 0 Å². The molecule has 4 atom stereocenters. The Kier molecular flexibility index (Phi) is 2.60. The van der Waals surface area contributed by atoms with E-state index in [-0.39, 0.29) is 6.10 Å². The fourth-order valence-electron chi connectivity index (χ4n) is 3.21. The summed E-state index contributed by atoms with van der Waals surface area (Å²) in [5.41, 5.74) is 0. The molecule has 0 aliphatic heterocycles. The Balaban J connectivity index is 1.84. The molecular weight excluding hydrogens is 160 g/mol. The van der Waals surface area contributed by atoms with Crippen molar-refractivity contribution in [3.05, 3.63) is 0 Å². The van der Waals surface area contributed by atoms with Gasteiger partial charge in [-0.05, 0) is 43.4 Å². The van der Waals surface area contributed by atoms with Crippen molar-refractivity contribution < 1.29 is 5.11 Å². The van der Waals surface area contributed by atoms with Crippen molar-refractivity contribution >= 4 is 0 Å². The van der Waals surface area contributed by atoms with Crippen molar-refractivity contribution in [1.29, 1.82) is 0 Å². The third-order valence-corrected chi connectivity index (χ3v) is 3.87. The summed E-state index contributed by atoms with van der Waals surface area (Å²) in [5.74, 6) is 4.93. The molecule has 2 aliphatic rings. The van der Waals surface area contributed by atoms with Crippen LogP contribution in [0.1, 0.15) is 38.5 Å². The molecule has 1 heteroatoms. The van der Waals surface area contributed by atoms with Crippen LogP contribution < -0.4 is 0 Å². The van der Waals surface area contributed by atoms with Gasteiger partial charge in [0.2, 0.25) is 0 Å². The Morgan fingerprint density at radius 1 is 1.38 bits per heavy atom. The van der Waals surface area contributed by atoms with Crippen molar-refractivity contribution in [2.24, 2.45) is 17.8 Å². The molecule has 0 aromatic rings. The Labute approximate surface area is 80.5 Å². The molecule has 1 N–H and O–H groups in total. The Morgan fingerprint density at radius 2 is 2.23 bits per heavy atom. The van der Waals surface area contributed by atoms with E-state index in [9.17, 15) is 5.11 Å². The van der Waals surface area contributed by atoms with Crippen molar-refractivity contribution in [3.63, 3.8) is 0 Å². The van der Waals surface area contributed by atoms with Crippen LogP contribution in [0.25, 0.3) is 0 Å². The topological polar surface area (TPSA) is 20.2 Å². The van der Waals surface area contributed by atoms with Crippen LogP contribution in [0.3, 0.4) is 0 Å². The molecule has 0 aromatic heterocycles. The molecule has 2 saturated carbocycles. The number of aliphatic hydroxyl groups excluding tert-OH is 1. The molecule has 2 aliphatic carbocycles. The average Bonchev–Trinajstić information content (AvgIpc) is 2.74. The second-order valence-corrected chi connectivity index (χ2v) is 4.65. The van der Waals surface area contributed by atoms with E-state index in [1.807, 2.05) is 0 Å². The molecule has 2 bridgehead atoms. The maximum atomic E-state index is 9.91. The van der Waals surface area contributed by atoms with Crippen LogP contribution in [0.2, 0.25) is 0 Å². The lowest BCUT2D eigenvalue weighted by Gasteiger charge is -2.26. The lowest BCUT2D eigenvalue weighted by Crippen LogP contribution is -2.25. The zero-order valence-electron chi connectivity index (χ0n) is 8.08. The predicted octanol–water partition coefficient (Wildman–Crippen LogP) is 2.20. The zero-order chi connectivity index (χ0) is 9.26. The van der Waals surface area contributed by atoms with Crippen LogP contribution in [0, 0.1) is 30.1 Å². The van der Waals surface area contributed by atoms with Crippen molar-refractivity contribution in [1.82, 2.24) is 0 Å². The fraction of sp³-hybridized carbons (Fsp3) is 0.833. The van der Waals surface area contributed by atoms with E-state index < -0.39 is 0 Å². The van der Waals surface area contributed by atoms with Gasteiger partial charge in [-0.25, -0.2) is 0 Å². The van der Waals surface area contributed by atoms with Crippen molar-refractivity contribution in [2.75, 3.05) is 0 Å². The maximum Gasteiger partial charge on any atom is 0.0580 e. The quantitative estimate of drug-likeness (QED) is 0.657. The Bertz CT molecular complexity index is 216. The van der Waals surface area contributed by atoms with Gasteiger partial charge in [-0.15, -0.1) is 12.3 Å². The van der Waals surface area contributed by atoms with E-state index in [2.05, 4.69) is 5.92 Å². The van der Waals surface area contributed by atoms with Crippen LogP contribution in [0.5, 0.6) is 0 Å². The van der Waals surface area contributed by atoms with Gasteiger partial charge < -0.3 is 5.11 Å². The van der Waals surface area contributed by atoms with Crippen LogP contribution in [-0.4, -0.2) is 11.2 Å². The minimum Gasteiger partial charge on any atom is -0.393 e. The van der Waals surface area contributed by atoms with Crippen LogP contribution in [-0.2, 0) is 0 Å². The molecule has 0 spiro atoms. The zero-order valence-corrected chi connectivity index (χ0v) is 8.08. The molecule has 4 unspecified atom stereocenters. The van der Waals surface area contributed by atoms with Gasteiger partial charge in [-0.3, -0.25) is 0 Å². The molecule has 13 heavy (non-hydrogen) atoms. The van der Waals surface area contributed by atoms with Crippen LogP contribution >= 0.6 is 0 Å². The lowest BCUT2D eigenvalue weighted by atomic mass is 9.83. The smallest absolute Gasteiger partial charge is 0.0580 e. The van der Waals surface area contributed by atoms with E-state index in [0.717, 1.165) is 24.7 Å². The van der Waals surface area contributed by atoms with E-state index in [4.69, 9.17) is 6.42 Å². The minimum atomic E-state index is -0.119. The molecule has 1 nitrogen and oxygen atoms in total. The van der Waals surface area contributed by atoms with E-state index in [1.165, 1.54) is 25.7 Å². The van der Waals surface area contributed by atoms with Gasteiger partial charge in [0, 0.05) is 6.42 Å².